The van der Waals surface area contributed by atoms with Crippen molar-refractivity contribution in [1.29, 1.82) is 0 Å². The van der Waals surface area contributed by atoms with E-state index in [-0.39, 0.29) is 6.04 Å². The fourth-order valence-electron chi connectivity index (χ4n) is 3.36. The molecule has 0 saturated carbocycles. The van der Waals surface area contributed by atoms with Crippen molar-refractivity contribution in [3.8, 4) is 11.5 Å². The SMILES string of the molecule is CCOc1ccc(C2NN=C3CCN(CC)CC32)cc1OC. The lowest BCUT2D eigenvalue weighted by molar-refractivity contribution is 0.238. The van der Waals surface area contributed by atoms with Gasteiger partial charge < -0.3 is 19.8 Å². The van der Waals surface area contributed by atoms with Crippen LogP contribution in [0.3, 0.4) is 0 Å². The largest absolute Gasteiger partial charge is 0.493 e. The quantitative estimate of drug-likeness (QED) is 0.907. The Bertz CT molecular complexity index is 559. The number of hydrazone groups is 1. The van der Waals surface area contributed by atoms with Crippen molar-refractivity contribution in [3.05, 3.63) is 23.8 Å². The number of nitrogens with zero attached hydrogens (tertiary/aromatic N) is 2. The third-order valence-electron chi connectivity index (χ3n) is 4.61. The Morgan fingerprint density at radius 3 is 2.91 bits per heavy atom. The highest BCUT2D eigenvalue weighted by Gasteiger charge is 2.36. The molecule has 2 aliphatic heterocycles. The first-order valence-corrected chi connectivity index (χ1v) is 8.11. The number of rotatable bonds is 5. The van der Waals surface area contributed by atoms with Crippen molar-refractivity contribution < 1.29 is 9.47 Å². The zero-order valence-corrected chi connectivity index (χ0v) is 13.6. The second-order valence-corrected chi connectivity index (χ2v) is 5.80. The standard InChI is InChI=1S/C17H25N3O2/c1-4-20-9-8-14-13(11-20)17(19-18-14)12-6-7-15(22-5-2)16(10-12)21-3/h6-7,10,13,17,19H,4-5,8-9,11H2,1-3H3. The smallest absolute Gasteiger partial charge is 0.161 e. The van der Waals surface area contributed by atoms with Gasteiger partial charge in [-0.15, -0.1) is 0 Å². The fraction of sp³-hybridized carbons (Fsp3) is 0.588. The summed E-state index contributed by atoms with van der Waals surface area (Å²) in [5.74, 6) is 2.04. The van der Waals surface area contributed by atoms with Gasteiger partial charge in [0.15, 0.2) is 11.5 Å². The van der Waals surface area contributed by atoms with Gasteiger partial charge in [-0.05, 0) is 31.2 Å². The Hall–Kier alpha value is -1.75. The van der Waals surface area contributed by atoms with Crippen LogP contribution in [0.4, 0.5) is 0 Å². The van der Waals surface area contributed by atoms with E-state index in [0.717, 1.165) is 37.6 Å². The van der Waals surface area contributed by atoms with E-state index in [1.165, 1.54) is 11.3 Å². The molecule has 0 aliphatic carbocycles. The zero-order chi connectivity index (χ0) is 15.5. The van der Waals surface area contributed by atoms with Crippen molar-refractivity contribution in [2.75, 3.05) is 33.4 Å². The summed E-state index contributed by atoms with van der Waals surface area (Å²) in [4.78, 5) is 2.50. The Balaban J connectivity index is 1.82. The third-order valence-corrected chi connectivity index (χ3v) is 4.61. The van der Waals surface area contributed by atoms with Crippen LogP contribution in [0.25, 0.3) is 0 Å². The summed E-state index contributed by atoms with van der Waals surface area (Å²) in [5.41, 5.74) is 5.85. The molecule has 1 fully saturated rings. The van der Waals surface area contributed by atoms with E-state index in [2.05, 4.69) is 34.5 Å². The van der Waals surface area contributed by atoms with Gasteiger partial charge in [0.05, 0.1) is 19.8 Å². The first-order chi connectivity index (χ1) is 10.8. The van der Waals surface area contributed by atoms with Crippen molar-refractivity contribution in [2.45, 2.75) is 26.3 Å². The number of ether oxygens (including phenoxy) is 2. The lowest BCUT2D eigenvalue weighted by atomic mass is 9.86. The molecule has 2 heterocycles. The molecule has 2 aliphatic rings. The van der Waals surface area contributed by atoms with Crippen LogP contribution < -0.4 is 14.9 Å². The normalized spacial score (nSPS) is 24.4. The van der Waals surface area contributed by atoms with Crippen LogP contribution in [0.5, 0.6) is 11.5 Å². The van der Waals surface area contributed by atoms with E-state index < -0.39 is 0 Å². The summed E-state index contributed by atoms with van der Waals surface area (Å²) in [6.45, 7) is 8.13. The number of methoxy groups -OCH3 is 1. The summed E-state index contributed by atoms with van der Waals surface area (Å²) in [6.07, 6.45) is 1.07. The van der Waals surface area contributed by atoms with E-state index in [1.54, 1.807) is 7.11 Å². The van der Waals surface area contributed by atoms with E-state index >= 15 is 0 Å². The third kappa shape index (κ3) is 2.77. The average molecular weight is 303 g/mol. The first kappa shape index (κ1) is 15.2. The number of hydrogen-bond acceptors (Lipinski definition) is 5. The molecule has 3 rings (SSSR count). The van der Waals surface area contributed by atoms with Gasteiger partial charge in [-0.25, -0.2) is 0 Å². The molecule has 2 unspecified atom stereocenters. The highest BCUT2D eigenvalue weighted by Crippen LogP contribution is 2.36. The summed E-state index contributed by atoms with van der Waals surface area (Å²) in [5, 5.41) is 4.57. The fourth-order valence-corrected chi connectivity index (χ4v) is 3.36. The maximum Gasteiger partial charge on any atom is 0.161 e. The molecule has 0 radical (unpaired) electrons. The molecular formula is C17H25N3O2. The Morgan fingerprint density at radius 1 is 1.32 bits per heavy atom. The Morgan fingerprint density at radius 2 is 2.18 bits per heavy atom. The Kier molecular flexibility index (Phi) is 4.52. The summed E-state index contributed by atoms with van der Waals surface area (Å²) in [6, 6.07) is 6.42. The minimum absolute atomic E-state index is 0.230. The van der Waals surface area contributed by atoms with Crippen LogP contribution in [-0.2, 0) is 0 Å². The van der Waals surface area contributed by atoms with Crippen LogP contribution in [-0.4, -0.2) is 44.0 Å². The van der Waals surface area contributed by atoms with Crippen molar-refractivity contribution in [2.24, 2.45) is 11.0 Å². The topological polar surface area (TPSA) is 46.1 Å². The monoisotopic (exact) mass is 303 g/mol. The second kappa shape index (κ2) is 6.57. The highest BCUT2D eigenvalue weighted by atomic mass is 16.5. The van der Waals surface area contributed by atoms with E-state index in [0.29, 0.717) is 12.5 Å². The minimum atomic E-state index is 0.230. The molecule has 1 saturated heterocycles. The maximum absolute atomic E-state index is 5.60. The van der Waals surface area contributed by atoms with Gasteiger partial charge in [0.1, 0.15) is 0 Å². The van der Waals surface area contributed by atoms with Crippen LogP contribution in [0.2, 0.25) is 0 Å². The molecule has 22 heavy (non-hydrogen) atoms. The van der Waals surface area contributed by atoms with Crippen LogP contribution in [0.1, 0.15) is 31.9 Å². The summed E-state index contributed by atoms with van der Waals surface area (Å²) >= 11 is 0. The number of piperidine rings is 1. The highest BCUT2D eigenvalue weighted by molar-refractivity contribution is 5.90. The number of fused-ring (bicyclic) bond motifs is 1. The van der Waals surface area contributed by atoms with Gasteiger partial charge in [-0.3, -0.25) is 0 Å². The van der Waals surface area contributed by atoms with E-state index in [1.807, 2.05) is 13.0 Å². The molecular weight excluding hydrogens is 278 g/mol. The van der Waals surface area contributed by atoms with Crippen molar-refractivity contribution in [1.82, 2.24) is 10.3 Å². The predicted octanol–water partition coefficient (Wildman–Crippen LogP) is 2.44. The molecule has 0 bridgehead atoms. The van der Waals surface area contributed by atoms with Crippen molar-refractivity contribution in [3.63, 3.8) is 0 Å². The predicted molar refractivity (Wildman–Crippen MR) is 87.7 cm³/mol. The molecule has 1 aromatic rings. The molecule has 0 aromatic heterocycles. The summed E-state index contributed by atoms with van der Waals surface area (Å²) in [7, 11) is 1.69. The molecule has 2 atom stereocenters. The number of likely N-dealkylation sites (tertiary alicyclic amines) is 1. The molecule has 0 spiro atoms. The average Bonchev–Trinajstić information content (AvgIpc) is 2.98. The van der Waals surface area contributed by atoms with Crippen LogP contribution >= 0.6 is 0 Å². The second-order valence-electron chi connectivity index (χ2n) is 5.80. The van der Waals surface area contributed by atoms with Gasteiger partial charge in [0.25, 0.3) is 0 Å². The molecule has 1 aromatic carbocycles. The van der Waals surface area contributed by atoms with E-state index in [4.69, 9.17) is 9.47 Å². The molecule has 1 N–H and O–H groups in total. The zero-order valence-electron chi connectivity index (χ0n) is 13.6. The van der Waals surface area contributed by atoms with Crippen LogP contribution in [0.15, 0.2) is 23.3 Å². The van der Waals surface area contributed by atoms with Gasteiger partial charge in [0.2, 0.25) is 0 Å². The number of hydrogen-bond donors (Lipinski definition) is 1. The Labute approximate surface area is 132 Å². The number of nitrogens with one attached hydrogen (secondary N) is 1. The molecule has 120 valence electrons. The molecule has 0 amide bonds. The minimum Gasteiger partial charge on any atom is -0.493 e. The van der Waals surface area contributed by atoms with Gasteiger partial charge in [-0.1, -0.05) is 13.0 Å². The van der Waals surface area contributed by atoms with Crippen molar-refractivity contribution >= 4 is 5.71 Å². The van der Waals surface area contributed by atoms with Gasteiger partial charge >= 0.3 is 0 Å². The lowest BCUT2D eigenvalue weighted by Gasteiger charge is -2.32. The molecule has 5 nitrogen and oxygen atoms in total. The lowest BCUT2D eigenvalue weighted by Crippen LogP contribution is -2.41. The van der Waals surface area contributed by atoms with Gasteiger partial charge in [0, 0.05) is 31.1 Å². The van der Waals surface area contributed by atoms with Gasteiger partial charge in [-0.2, -0.15) is 5.10 Å². The molecule has 5 heteroatoms. The van der Waals surface area contributed by atoms with E-state index in [9.17, 15) is 0 Å². The summed E-state index contributed by atoms with van der Waals surface area (Å²) < 4.78 is 11.1. The van der Waals surface area contributed by atoms with Crippen LogP contribution in [0, 0.1) is 5.92 Å². The number of benzene rings is 1. The maximum atomic E-state index is 5.60. The first-order valence-electron chi connectivity index (χ1n) is 8.11.